The summed E-state index contributed by atoms with van der Waals surface area (Å²) < 4.78 is 11.2. The van der Waals surface area contributed by atoms with Crippen LogP contribution in [0.5, 0.6) is 11.5 Å². The fourth-order valence-electron chi connectivity index (χ4n) is 2.24. The molecule has 2 aromatic carbocycles. The molecule has 150 valence electrons. The van der Waals surface area contributed by atoms with Crippen LogP contribution in [0.3, 0.4) is 0 Å². The number of amides is 1. The number of halogens is 2. The molecule has 0 atom stereocenters. The average molecular weight is 480 g/mol. The number of hydrogen-bond acceptors (Lipinski definition) is 5. The van der Waals surface area contributed by atoms with Crippen LogP contribution in [0.15, 0.2) is 46.4 Å². The number of carbonyl (C=O) groups excluding carboxylic acids is 1. The normalized spacial score (nSPS) is 10.8. The lowest BCUT2D eigenvalue weighted by Crippen LogP contribution is -2.13. The van der Waals surface area contributed by atoms with E-state index in [0.29, 0.717) is 27.4 Å². The van der Waals surface area contributed by atoms with Crippen LogP contribution in [-0.4, -0.2) is 30.2 Å². The number of anilines is 1. The average Bonchev–Trinajstić information content (AvgIpc) is 2.68. The molecule has 1 amide bonds. The molecule has 0 saturated heterocycles. The highest BCUT2D eigenvalue weighted by molar-refractivity contribution is 9.10. The molecule has 29 heavy (non-hydrogen) atoms. The molecule has 9 heteroatoms. The van der Waals surface area contributed by atoms with Crippen molar-refractivity contribution in [3.8, 4) is 17.6 Å². The fourth-order valence-corrected chi connectivity index (χ4v) is 2.86. The smallest absolute Gasteiger partial charge is 0.341 e. The van der Waals surface area contributed by atoms with E-state index in [1.807, 2.05) is 6.07 Å². The predicted octanol–water partition coefficient (Wildman–Crippen LogP) is 4.51. The van der Waals surface area contributed by atoms with Crippen molar-refractivity contribution in [1.82, 2.24) is 0 Å². The highest BCUT2D eigenvalue weighted by atomic mass is 79.9. The summed E-state index contributed by atoms with van der Waals surface area (Å²) in [5.74, 6) is -1.25. The number of nitrogens with zero attached hydrogens (tertiary/aromatic N) is 1. The lowest BCUT2D eigenvalue weighted by Gasteiger charge is -2.13. The number of benzene rings is 2. The molecule has 0 heterocycles. The Bertz CT molecular complexity index is 1000. The Morgan fingerprint density at radius 3 is 2.59 bits per heavy atom. The van der Waals surface area contributed by atoms with Gasteiger partial charge < -0.3 is 19.9 Å². The van der Waals surface area contributed by atoms with Crippen molar-refractivity contribution in [1.29, 1.82) is 5.26 Å². The fraction of sp³-hybridized carbons (Fsp3) is 0.150. The number of carbonyl (C=O) groups is 2. The van der Waals surface area contributed by atoms with Crippen LogP contribution in [0.2, 0.25) is 5.02 Å². The van der Waals surface area contributed by atoms with E-state index < -0.39 is 18.5 Å². The van der Waals surface area contributed by atoms with Gasteiger partial charge >= 0.3 is 5.97 Å². The van der Waals surface area contributed by atoms with E-state index in [2.05, 4.69) is 21.2 Å². The van der Waals surface area contributed by atoms with Crippen LogP contribution in [0, 0.1) is 11.3 Å². The molecule has 0 fully saturated rings. The summed E-state index contributed by atoms with van der Waals surface area (Å²) in [6, 6.07) is 11.6. The van der Waals surface area contributed by atoms with Gasteiger partial charge in [-0.3, -0.25) is 4.79 Å². The summed E-state index contributed by atoms with van der Waals surface area (Å²) in [6.07, 6.45) is 1.37. The van der Waals surface area contributed by atoms with Crippen LogP contribution < -0.4 is 14.8 Å². The van der Waals surface area contributed by atoms with Crippen LogP contribution in [-0.2, 0) is 9.59 Å². The van der Waals surface area contributed by atoms with Crippen LogP contribution in [0.4, 0.5) is 5.69 Å². The van der Waals surface area contributed by atoms with E-state index in [1.54, 1.807) is 37.3 Å². The van der Waals surface area contributed by atoms with Gasteiger partial charge in [0.1, 0.15) is 11.6 Å². The quantitative estimate of drug-likeness (QED) is 0.426. The van der Waals surface area contributed by atoms with Crippen molar-refractivity contribution in [3.05, 3.63) is 57.0 Å². The third kappa shape index (κ3) is 6.24. The van der Waals surface area contributed by atoms with Crippen molar-refractivity contribution in [2.45, 2.75) is 6.92 Å². The van der Waals surface area contributed by atoms with Crippen molar-refractivity contribution >= 4 is 51.2 Å². The number of rotatable bonds is 8. The second kappa shape index (κ2) is 10.5. The lowest BCUT2D eigenvalue weighted by atomic mass is 10.1. The summed E-state index contributed by atoms with van der Waals surface area (Å²) in [4.78, 5) is 23.2. The van der Waals surface area contributed by atoms with E-state index in [0.717, 1.165) is 0 Å². The third-order valence-electron chi connectivity index (χ3n) is 3.50. The molecule has 2 rings (SSSR count). The van der Waals surface area contributed by atoms with E-state index in [4.69, 9.17) is 26.2 Å². The second-order valence-corrected chi connectivity index (χ2v) is 6.80. The molecular weight excluding hydrogens is 464 g/mol. The number of aliphatic carboxylic acids is 1. The standard InChI is InChI=1S/C20H16BrClN2O5/c1-2-28-17-8-12(14(21)9-18(17)29-11-19(25)26)7-13(10-23)20(27)24-16-6-4-3-5-15(16)22/h3-9H,2,11H2,1H3,(H,24,27)(H,25,26)/b13-7+. The van der Waals surface area contributed by atoms with E-state index >= 15 is 0 Å². The van der Waals surface area contributed by atoms with Crippen LogP contribution in [0.1, 0.15) is 12.5 Å². The van der Waals surface area contributed by atoms with Gasteiger partial charge in [-0.25, -0.2) is 4.79 Å². The zero-order chi connectivity index (χ0) is 21.4. The molecule has 0 radical (unpaired) electrons. The molecule has 0 aromatic heterocycles. The number of carboxylic acid groups (broad SMARTS) is 1. The summed E-state index contributed by atoms with van der Waals surface area (Å²) >= 11 is 9.36. The third-order valence-corrected chi connectivity index (χ3v) is 4.52. The number of para-hydroxylation sites is 1. The molecule has 2 aromatic rings. The van der Waals surface area contributed by atoms with Gasteiger partial charge in [0, 0.05) is 4.47 Å². The molecule has 0 aliphatic rings. The minimum atomic E-state index is -1.13. The Balaban J connectivity index is 2.35. The van der Waals surface area contributed by atoms with Gasteiger partial charge in [-0.1, -0.05) is 39.7 Å². The van der Waals surface area contributed by atoms with Gasteiger partial charge in [-0.15, -0.1) is 0 Å². The maximum Gasteiger partial charge on any atom is 0.341 e. The molecule has 0 saturated carbocycles. The zero-order valence-electron chi connectivity index (χ0n) is 15.2. The number of nitrogens with one attached hydrogen (secondary N) is 1. The van der Waals surface area contributed by atoms with Crippen LogP contribution >= 0.6 is 27.5 Å². The van der Waals surface area contributed by atoms with Crippen molar-refractivity contribution in [2.24, 2.45) is 0 Å². The monoisotopic (exact) mass is 478 g/mol. The molecule has 0 aliphatic heterocycles. The number of nitriles is 1. The highest BCUT2D eigenvalue weighted by Crippen LogP contribution is 2.35. The number of carboxylic acids is 1. The Morgan fingerprint density at radius 2 is 1.97 bits per heavy atom. The van der Waals surface area contributed by atoms with Gasteiger partial charge in [0.05, 0.1) is 17.3 Å². The largest absolute Gasteiger partial charge is 0.490 e. The van der Waals surface area contributed by atoms with Crippen molar-refractivity contribution in [2.75, 3.05) is 18.5 Å². The molecule has 0 unspecified atom stereocenters. The minimum Gasteiger partial charge on any atom is -0.490 e. The first kappa shape index (κ1) is 22.3. The lowest BCUT2D eigenvalue weighted by molar-refractivity contribution is -0.139. The molecule has 7 nitrogen and oxygen atoms in total. The molecule has 0 spiro atoms. The number of ether oxygens (including phenoxy) is 2. The SMILES string of the molecule is CCOc1cc(/C=C(\C#N)C(=O)Nc2ccccc2Cl)c(Br)cc1OCC(=O)O. The minimum absolute atomic E-state index is 0.160. The van der Waals surface area contributed by atoms with E-state index in [1.165, 1.54) is 12.1 Å². The first-order valence-corrected chi connectivity index (χ1v) is 9.51. The molecular formula is C20H16BrClN2O5. The second-order valence-electron chi connectivity index (χ2n) is 5.54. The summed E-state index contributed by atoms with van der Waals surface area (Å²) in [5, 5.41) is 21.1. The maximum absolute atomic E-state index is 12.5. The van der Waals surface area contributed by atoms with Crippen molar-refractivity contribution < 1.29 is 24.2 Å². The first-order valence-electron chi connectivity index (χ1n) is 8.34. The Hall–Kier alpha value is -3.02. The van der Waals surface area contributed by atoms with Gasteiger partial charge in [-0.05, 0) is 42.8 Å². The van der Waals surface area contributed by atoms with E-state index in [9.17, 15) is 14.9 Å². The maximum atomic E-state index is 12.5. The highest BCUT2D eigenvalue weighted by Gasteiger charge is 2.15. The number of hydrogen-bond donors (Lipinski definition) is 2. The first-order chi connectivity index (χ1) is 13.8. The van der Waals surface area contributed by atoms with Gasteiger partial charge in [0.2, 0.25) is 0 Å². The Kier molecular flexibility index (Phi) is 8.07. The Labute approximate surface area is 180 Å². The van der Waals surface area contributed by atoms with Gasteiger partial charge in [-0.2, -0.15) is 5.26 Å². The summed E-state index contributed by atoms with van der Waals surface area (Å²) in [7, 11) is 0. The van der Waals surface area contributed by atoms with Crippen molar-refractivity contribution in [3.63, 3.8) is 0 Å². The molecule has 0 bridgehead atoms. The molecule has 0 aliphatic carbocycles. The van der Waals surface area contributed by atoms with Gasteiger partial charge in [0.15, 0.2) is 18.1 Å². The topological polar surface area (TPSA) is 109 Å². The Morgan fingerprint density at radius 1 is 1.28 bits per heavy atom. The van der Waals surface area contributed by atoms with Crippen LogP contribution in [0.25, 0.3) is 6.08 Å². The zero-order valence-corrected chi connectivity index (χ0v) is 17.6. The molecule has 2 N–H and O–H groups in total. The van der Waals surface area contributed by atoms with E-state index in [-0.39, 0.29) is 17.1 Å². The predicted molar refractivity (Wildman–Crippen MR) is 112 cm³/mol. The summed E-state index contributed by atoms with van der Waals surface area (Å²) in [6.45, 7) is 1.54. The summed E-state index contributed by atoms with van der Waals surface area (Å²) in [5.41, 5.74) is 0.695. The van der Waals surface area contributed by atoms with Gasteiger partial charge in [0.25, 0.3) is 5.91 Å².